The zero-order valence-corrected chi connectivity index (χ0v) is 8.77. The molecule has 0 radical (unpaired) electrons. The van der Waals surface area contributed by atoms with E-state index in [1.54, 1.807) is 6.20 Å². The van der Waals surface area contributed by atoms with Crippen LogP contribution in [0.5, 0.6) is 0 Å². The largest absolute Gasteiger partial charge is 0.367 e. The Bertz CT molecular complexity index is 269. The number of hydrazine groups is 1. The van der Waals surface area contributed by atoms with Crippen molar-refractivity contribution < 1.29 is 4.84 Å². The fourth-order valence-corrected chi connectivity index (χ4v) is 2.21. The topological polar surface area (TPSA) is 66.0 Å². The summed E-state index contributed by atoms with van der Waals surface area (Å²) < 4.78 is 0. The van der Waals surface area contributed by atoms with E-state index >= 15 is 0 Å². The van der Waals surface area contributed by atoms with Crippen LogP contribution in [0.1, 0.15) is 32.6 Å². The van der Waals surface area contributed by atoms with Crippen molar-refractivity contribution in [3.05, 3.63) is 17.0 Å². The van der Waals surface area contributed by atoms with E-state index in [-0.39, 0.29) is 0 Å². The molecule has 0 aromatic carbocycles. The summed E-state index contributed by atoms with van der Waals surface area (Å²) >= 11 is 0. The molecule has 0 saturated heterocycles. The van der Waals surface area contributed by atoms with Gasteiger partial charge in [0.1, 0.15) is 0 Å². The highest BCUT2D eigenvalue weighted by atomic mass is 16.7. The van der Waals surface area contributed by atoms with Gasteiger partial charge in [0.15, 0.2) is 0 Å². The van der Waals surface area contributed by atoms with Crippen molar-refractivity contribution in [1.29, 1.82) is 0 Å². The SMILES string of the molecule is CC1CCCC(N2C=C(NN=O)ON2)C1. The van der Waals surface area contributed by atoms with Crippen LogP contribution in [0.3, 0.4) is 0 Å². The van der Waals surface area contributed by atoms with Gasteiger partial charge >= 0.3 is 0 Å². The van der Waals surface area contributed by atoms with Crippen LogP contribution in [0.15, 0.2) is 17.4 Å². The van der Waals surface area contributed by atoms with Gasteiger partial charge in [0, 0.05) is 6.04 Å². The van der Waals surface area contributed by atoms with Crippen LogP contribution in [-0.2, 0) is 4.84 Å². The van der Waals surface area contributed by atoms with E-state index < -0.39 is 0 Å². The fourth-order valence-electron chi connectivity index (χ4n) is 2.21. The average molecular weight is 212 g/mol. The molecule has 2 rings (SSSR count). The molecule has 6 nitrogen and oxygen atoms in total. The molecule has 84 valence electrons. The van der Waals surface area contributed by atoms with E-state index in [0.717, 1.165) is 18.8 Å². The number of rotatable bonds is 3. The molecule has 0 aromatic rings. The number of nitrogens with zero attached hydrogens (tertiary/aromatic N) is 2. The van der Waals surface area contributed by atoms with Gasteiger partial charge < -0.3 is 4.84 Å². The second-order valence-corrected chi connectivity index (χ2v) is 4.22. The molecule has 1 heterocycles. The Hall–Kier alpha value is -1.30. The predicted molar refractivity (Wildman–Crippen MR) is 54.5 cm³/mol. The Kier molecular flexibility index (Phi) is 3.05. The van der Waals surface area contributed by atoms with Gasteiger partial charge in [-0.05, 0) is 18.8 Å². The lowest BCUT2D eigenvalue weighted by molar-refractivity contribution is -0.0186. The number of nitrogens with one attached hydrogen (secondary N) is 2. The molecule has 1 saturated carbocycles. The Balaban J connectivity index is 1.91. The van der Waals surface area contributed by atoms with Crippen molar-refractivity contribution in [2.75, 3.05) is 0 Å². The van der Waals surface area contributed by atoms with Crippen molar-refractivity contribution in [2.24, 2.45) is 11.2 Å². The summed E-state index contributed by atoms with van der Waals surface area (Å²) in [5.74, 6) is 1.10. The molecule has 1 aliphatic carbocycles. The van der Waals surface area contributed by atoms with Gasteiger partial charge in [-0.25, -0.2) is 5.43 Å². The van der Waals surface area contributed by atoms with Crippen molar-refractivity contribution in [1.82, 2.24) is 16.0 Å². The lowest BCUT2D eigenvalue weighted by atomic mass is 9.87. The van der Waals surface area contributed by atoms with Gasteiger partial charge in [-0.2, -0.15) is 0 Å². The Morgan fingerprint density at radius 2 is 2.53 bits per heavy atom. The lowest BCUT2D eigenvalue weighted by Gasteiger charge is -2.32. The molecular weight excluding hydrogens is 196 g/mol. The van der Waals surface area contributed by atoms with Gasteiger partial charge in [-0.3, -0.25) is 5.01 Å². The molecule has 1 fully saturated rings. The Morgan fingerprint density at radius 1 is 1.67 bits per heavy atom. The van der Waals surface area contributed by atoms with Crippen molar-refractivity contribution >= 4 is 0 Å². The minimum absolute atomic E-state index is 0.350. The van der Waals surface area contributed by atoms with Gasteiger partial charge in [-0.15, -0.1) is 4.91 Å². The summed E-state index contributed by atoms with van der Waals surface area (Å²) in [6.45, 7) is 2.26. The molecule has 0 aromatic heterocycles. The van der Waals surface area contributed by atoms with Crippen molar-refractivity contribution in [2.45, 2.75) is 38.6 Å². The summed E-state index contributed by atoms with van der Waals surface area (Å²) in [6.07, 6.45) is 6.58. The maximum atomic E-state index is 9.97. The van der Waals surface area contributed by atoms with Crippen molar-refractivity contribution in [3.8, 4) is 0 Å². The molecule has 2 aliphatic rings. The highest BCUT2D eigenvalue weighted by Gasteiger charge is 2.26. The third-order valence-corrected chi connectivity index (χ3v) is 2.98. The van der Waals surface area contributed by atoms with Crippen LogP contribution in [0, 0.1) is 10.8 Å². The highest BCUT2D eigenvalue weighted by Crippen LogP contribution is 2.27. The molecule has 0 bridgehead atoms. The van der Waals surface area contributed by atoms with Crippen LogP contribution in [0.2, 0.25) is 0 Å². The van der Waals surface area contributed by atoms with E-state index in [1.165, 1.54) is 12.8 Å². The first kappa shape index (κ1) is 10.2. The zero-order chi connectivity index (χ0) is 10.7. The molecular formula is C9H16N4O2. The molecule has 15 heavy (non-hydrogen) atoms. The molecule has 0 spiro atoms. The fraction of sp³-hybridized carbons (Fsp3) is 0.778. The summed E-state index contributed by atoms with van der Waals surface area (Å²) in [7, 11) is 0. The minimum Gasteiger partial charge on any atom is -0.367 e. The highest BCUT2D eigenvalue weighted by molar-refractivity contribution is 4.94. The first-order valence-electron chi connectivity index (χ1n) is 5.30. The molecule has 2 atom stereocenters. The van der Waals surface area contributed by atoms with Gasteiger partial charge in [0.2, 0.25) is 0 Å². The summed E-state index contributed by atoms with van der Waals surface area (Å²) in [5.41, 5.74) is 4.99. The Labute approximate surface area is 88.5 Å². The van der Waals surface area contributed by atoms with Crippen LogP contribution < -0.4 is 11.0 Å². The third-order valence-electron chi connectivity index (χ3n) is 2.98. The maximum absolute atomic E-state index is 9.97. The number of nitroso groups, excluding NO2 is 1. The lowest BCUT2D eigenvalue weighted by Crippen LogP contribution is -2.40. The second kappa shape index (κ2) is 4.48. The van der Waals surface area contributed by atoms with Crippen LogP contribution >= 0.6 is 0 Å². The van der Waals surface area contributed by atoms with E-state index in [0.29, 0.717) is 11.9 Å². The smallest absolute Gasteiger partial charge is 0.254 e. The summed E-state index contributed by atoms with van der Waals surface area (Å²) in [4.78, 5) is 15.0. The van der Waals surface area contributed by atoms with Crippen LogP contribution in [0.4, 0.5) is 0 Å². The van der Waals surface area contributed by atoms with Crippen LogP contribution in [-0.4, -0.2) is 11.1 Å². The molecule has 2 N–H and O–H groups in total. The average Bonchev–Trinajstić information content (AvgIpc) is 2.67. The quantitative estimate of drug-likeness (QED) is 0.546. The number of hydrogen-bond donors (Lipinski definition) is 2. The zero-order valence-electron chi connectivity index (χ0n) is 8.77. The van der Waals surface area contributed by atoms with Gasteiger partial charge in [0.05, 0.1) is 11.5 Å². The van der Waals surface area contributed by atoms with E-state index in [9.17, 15) is 4.91 Å². The first-order chi connectivity index (χ1) is 7.29. The monoisotopic (exact) mass is 212 g/mol. The standard InChI is InChI=1S/C9H16N4O2/c1-7-3-2-4-8(5-7)13-6-9(10-11-14)15-12-13/h6-8,12H,2-5H2,1H3,(H,10,14). The van der Waals surface area contributed by atoms with Gasteiger partial charge in [0.25, 0.3) is 5.88 Å². The van der Waals surface area contributed by atoms with E-state index in [4.69, 9.17) is 4.84 Å². The predicted octanol–water partition coefficient (Wildman–Crippen LogP) is 1.39. The molecule has 6 heteroatoms. The summed E-state index contributed by atoms with van der Waals surface area (Å²) in [5, 5.41) is 4.46. The van der Waals surface area contributed by atoms with E-state index in [1.807, 2.05) is 5.01 Å². The molecule has 0 amide bonds. The minimum atomic E-state index is 0.350. The molecule has 2 unspecified atom stereocenters. The maximum Gasteiger partial charge on any atom is 0.254 e. The molecule has 1 aliphatic heterocycles. The normalized spacial score (nSPS) is 30.7. The summed E-state index contributed by atoms with van der Waals surface area (Å²) in [6, 6.07) is 0.444. The van der Waals surface area contributed by atoms with Crippen molar-refractivity contribution in [3.63, 3.8) is 0 Å². The Morgan fingerprint density at radius 3 is 3.27 bits per heavy atom. The first-order valence-corrected chi connectivity index (χ1v) is 5.30. The van der Waals surface area contributed by atoms with Gasteiger partial charge in [-0.1, -0.05) is 25.4 Å². The van der Waals surface area contributed by atoms with E-state index in [2.05, 4.69) is 23.2 Å². The third kappa shape index (κ3) is 2.38. The van der Waals surface area contributed by atoms with Crippen LogP contribution in [0.25, 0.3) is 0 Å². The number of hydrogen-bond acceptors (Lipinski definition) is 5. The second-order valence-electron chi connectivity index (χ2n) is 4.22.